The van der Waals surface area contributed by atoms with Crippen molar-refractivity contribution in [2.75, 3.05) is 17.6 Å². The van der Waals surface area contributed by atoms with Crippen molar-refractivity contribution in [2.45, 2.75) is 23.8 Å². The van der Waals surface area contributed by atoms with Gasteiger partial charge in [0.25, 0.3) is 0 Å². The van der Waals surface area contributed by atoms with Crippen molar-refractivity contribution in [1.29, 1.82) is 0 Å². The molecule has 1 atom stereocenters. The van der Waals surface area contributed by atoms with Gasteiger partial charge in [0.05, 0.1) is 5.75 Å². The van der Waals surface area contributed by atoms with Crippen molar-refractivity contribution in [2.24, 2.45) is 0 Å². The van der Waals surface area contributed by atoms with E-state index in [4.69, 9.17) is 0 Å². The van der Waals surface area contributed by atoms with Gasteiger partial charge in [-0.3, -0.25) is 14.9 Å². The Balaban J connectivity index is 1.37. The van der Waals surface area contributed by atoms with Crippen LogP contribution in [-0.2, 0) is 9.59 Å². The summed E-state index contributed by atoms with van der Waals surface area (Å²) >= 11 is 6.25. The van der Waals surface area contributed by atoms with Crippen LogP contribution in [0.4, 0.5) is 5.13 Å². The van der Waals surface area contributed by atoms with Gasteiger partial charge in [-0.25, -0.2) is 0 Å². The van der Waals surface area contributed by atoms with Gasteiger partial charge in [0.1, 0.15) is 11.0 Å². The molecule has 0 aliphatic carbocycles. The first kappa shape index (κ1) is 21.0. The Kier molecular flexibility index (Phi) is 6.81. The molecular formula is C21H19BrN4O2S2. The van der Waals surface area contributed by atoms with Gasteiger partial charge in [0.2, 0.25) is 16.9 Å². The van der Waals surface area contributed by atoms with E-state index in [9.17, 15) is 9.59 Å². The van der Waals surface area contributed by atoms with Gasteiger partial charge in [-0.05, 0) is 37.1 Å². The summed E-state index contributed by atoms with van der Waals surface area (Å²) in [5, 5.41) is 12.3. The van der Waals surface area contributed by atoms with Crippen molar-refractivity contribution in [1.82, 2.24) is 15.1 Å². The molecule has 0 radical (unpaired) electrons. The molecule has 1 aliphatic rings. The molecule has 2 aromatic carbocycles. The van der Waals surface area contributed by atoms with Crippen molar-refractivity contribution in [3.8, 4) is 10.6 Å². The second-order valence-corrected chi connectivity index (χ2v) is 9.70. The quantitative estimate of drug-likeness (QED) is 0.494. The molecule has 9 heteroatoms. The normalized spacial score (nSPS) is 15.9. The van der Waals surface area contributed by atoms with Gasteiger partial charge in [0, 0.05) is 21.5 Å². The van der Waals surface area contributed by atoms with Crippen LogP contribution >= 0.6 is 39.0 Å². The van der Waals surface area contributed by atoms with Crippen LogP contribution in [0.25, 0.3) is 10.6 Å². The lowest BCUT2D eigenvalue weighted by Crippen LogP contribution is -2.43. The summed E-state index contributed by atoms with van der Waals surface area (Å²) in [6.45, 7) is 0.603. The highest BCUT2D eigenvalue weighted by Gasteiger charge is 2.34. The minimum atomic E-state index is -0.466. The first-order chi connectivity index (χ1) is 14.6. The number of benzene rings is 2. The smallest absolute Gasteiger partial charge is 0.249 e. The van der Waals surface area contributed by atoms with Gasteiger partial charge >= 0.3 is 0 Å². The van der Waals surface area contributed by atoms with Gasteiger partial charge < -0.3 is 4.90 Å². The molecule has 154 valence electrons. The Morgan fingerprint density at radius 2 is 2.00 bits per heavy atom. The largest absolute Gasteiger partial charge is 0.330 e. The fourth-order valence-corrected chi connectivity index (χ4v) is 5.23. The number of halogens is 1. The zero-order chi connectivity index (χ0) is 20.9. The molecule has 1 saturated heterocycles. The maximum atomic E-state index is 12.8. The third kappa shape index (κ3) is 5.08. The molecule has 3 aromatic rings. The highest BCUT2D eigenvalue weighted by molar-refractivity contribution is 9.10. The standard InChI is InChI=1S/C21H19BrN4O2S2/c22-15-7-4-6-14(12-15)20-24-25-21(30-20)23-19(28)17-10-5-11-26(17)18(27)13-29-16-8-2-1-3-9-16/h1-4,6-9,12,17H,5,10-11,13H2,(H,23,25,28). The van der Waals surface area contributed by atoms with E-state index >= 15 is 0 Å². The predicted octanol–water partition coefficient (Wildman–Crippen LogP) is 4.69. The molecule has 0 bridgehead atoms. The SMILES string of the molecule is O=C(Nc1nnc(-c2cccc(Br)c2)s1)C1CCCN1C(=O)CSc1ccccc1. The molecule has 6 nitrogen and oxygen atoms in total. The lowest BCUT2D eigenvalue weighted by Gasteiger charge is -2.23. The zero-order valence-corrected chi connectivity index (χ0v) is 19.2. The monoisotopic (exact) mass is 502 g/mol. The first-order valence-electron chi connectivity index (χ1n) is 9.48. The van der Waals surface area contributed by atoms with Gasteiger partial charge in [0.15, 0.2) is 0 Å². The van der Waals surface area contributed by atoms with E-state index in [1.54, 1.807) is 4.90 Å². The number of rotatable bonds is 6. The Morgan fingerprint density at radius 3 is 2.80 bits per heavy atom. The van der Waals surface area contributed by atoms with Gasteiger partial charge in [-0.2, -0.15) is 0 Å². The van der Waals surface area contributed by atoms with E-state index in [0.717, 1.165) is 26.4 Å². The summed E-state index contributed by atoms with van der Waals surface area (Å²) in [5.41, 5.74) is 0.929. The minimum absolute atomic E-state index is 0.0198. The van der Waals surface area contributed by atoms with Crippen LogP contribution in [0.5, 0.6) is 0 Å². The zero-order valence-electron chi connectivity index (χ0n) is 16.0. The maximum absolute atomic E-state index is 12.8. The molecule has 2 heterocycles. The van der Waals surface area contributed by atoms with Crippen molar-refractivity contribution >= 4 is 56.0 Å². The molecule has 30 heavy (non-hydrogen) atoms. The second-order valence-electron chi connectivity index (χ2n) is 6.76. The molecule has 0 saturated carbocycles. The predicted molar refractivity (Wildman–Crippen MR) is 124 cm³/mol. The number of hydrogen-bond acceptors (Lipinski definition) is 6. The average Bonchev–Trinajstić information content (AvgIpc) is 3.43. The number of amides is 2. The fraction of sp³-hybridized carbons (Fsp3) is 0.238. The molecule has 1 aromatic heterocycles. The van der Waals surface area contributed by atoms with Crippen molar-refractivity contribution in [3.05, 3.63) is 59.1 Å². The van der Waals surface area contributed by atoms with Crippen LogP contribution in [0.1, 0.15) is 12.8 Å². The highest BCUT2D eigenvalue weighted by Crippen LogP contribution is 2.29. The average molecular weight is 503 g/mol. The van der Waals surface area contributed by atoms with E-state index in [-0.39, 0.29) is 11.8 Å². The second kappa shape index (κ2) is 9.72. The summed E-state index contributed by atoms with van der Waals surface area (Å²) in [5.74, 6) is 0.0932. The maximum Gasteiger partial charge on any atom is 0.249 e. The van der Waals surface area contributed by atoms with Crippen molar-refractivity contribution < 1.29 is 9.59 Å². The highest BCUT2D eigenvalue weighted by atomic mass is 79.9. The Hall–Kier alpha value is -2.23. The van der Waals surface area contributed by atoms with Crippen LogP contribution < -0.4 is 5.32 Å². The lowest BCUT2D eigenvalue weighted by atomic mass is 10.2. The molecule has 1 aliphatic heterocycles. The number of hydrogen-bond donors (Lipinski definition) is 1. The van der Waals surface area contributed by atoms with Crippen molar-refractivity contribution in [3.63, 3.8) is 0 Å². The molecule has 1 fully saturated rings. The first-order valence-corrected chi connectivity index (χ1v) is 12.1. The number of likely N-dealkylation sites (tertiary alicyclic amines) is 1. The number of thioether (sulfide) groups is 1. The van der Waals surface area contributed by atoms with E-state index in [1.807, 2.05) is 54.6 Å². The number of nitrogens with zero attached hydrogens (tertiary/aromatic N) is 3. The van der Waals surface area contributed by atoms with E-state index in [1.165, 1.54) is 23.1 Å². The Morgan fingerprint density at radius 1 is 1.17 bits per heavy atom. The van der Waals surface area contributed by atoms with E-state index in [0.29, 0.717) is 23.8 Å². The third-order valence-corrected chi connectivity index (χ3v) is 7.09. The summed E-state index contributed by atoms with van der Waals surface area (Å²) in [6.07, 6.45) is 1.48. The van der Waals surface area contributed by atoms with Crippen LogP contribution in [-0.4, -0.2) is 45.3 Å². The number of anilines is 1. The summed E-state index contributed by atoms with van der Waals surface area (Å²) in [4.78, 5) is 28.2. The Labute approximate surface area is 191 Å². The van der Waals surface area contributed by atoms with Crippen LogP contribution in [0.3, 0.4) is 0 Å². The summed E-state index contributed by atoms with van der Waals surface area (Å²) < 4.78 is 0.953. The molecule has 4 rings (SSSR count). The van der Waals surface area contributed by atoms with Gasteiger partial charge in [-0.1, -0.05) is 57.6 Å². The molecule has 1 N–H and O–H groups in total. The van der Waals surface area contributed by atoms with Crippen LogP contribution in [0.15, 0.2) is 64.0 Å². The summed E-state index contributed by atoms with van der Waals surface area (Å²) in [6, 6.07) is 17.1. The topological polar surface area (TPSA) is 75.2 Å². The number of carbonyl (C=O) groups excluding carboxylic acids is 2. The third-order valence-electron chi connectivity index (χ3n) is 4.71. The lowest BCUT2D eigenvalue weighted by molar-refractivity contribution is -0.134. The molecule has 1 unspecified atom stereocenters. The van der Waals surface area contributed by atoms with Crippen LogP contribution in [0.2, 0.25) is 0 Å². The van der Waals surface area contributed by atoms with E-state index in [2.05, 4.69) is 31.4 Å². The number of nitrogens with one attached hydrogen (secondary N) is 1. The van der Waals surface area contributed by atoms with E-state index < -0.39 is 6.04 Å². The minimum Gasteiger partial charge on any atom is -0.330 e. The van der Waals surface area contributed by atoms with Crippen LogP contribution in [0, 0.1) is 0 Å². The molecule has 2 amide bonds. The number of aromatic nitrogens is 2. The Bertz CT molecular complexity index is 1040. The molecular weight excluding hydrogens is 484 g/mol. The van der Waals surface area contributed by atoms with Gasteiger partial charge in [-0.15, -0.1) is 22.0 Å². The summed E-state index contributed by atoms with van der Waals surface area (Å²) in [7, 11) is 0. The fourth-order valence-electron chi connectivity index (χ4n) is 3.28. The molecule has 0 spiro atoms. The number of carbonyl (C=O) groups is 2.